The second kappa shape index (κ2) is 62.5. The molecule has 0 saturated carbocycles. The minimum atomic E-state index is -1.62. The molecule has 6 N–H and O–H groups in total. The fraction of sp³-hybridized carbons (Fsp3) is 0.840. The summed E-state index contributed by atoms with van der Waals surface area (Å²) in [6, 6.07) is -1.03. The molecule has 8 atom stereocenters. The Morgan fingerprint density at radius 3 is 1.23 bits per heavy atom. The van der Waals surface area contributed by atoms with Crippen LogP contribution in [0.1, 0.15) is 342 Å². The fourth-order valence-electron chi connectivity index (χ4n) is 11.4. The molecule has 1 rings (SSSR count). The smallest absolute Gasteiger partial charge is 0.306 e. The van der Waals surface area contributed by atoms with E-state index >= 15 is 0 Å². The highest BCUT2D eigenvalue weighted by Gasteiger charge is 2.47. The molecule has 1 amide bonds. The Morgan fingerprint density at radius 2 is 0.802 bits per heavy atom. The van der Waals surface area contributed by atoms with E-state index in [9.17, 15) is 35.1 Å². The van der Waals surface area contributed by atoms with Crippen LogP contribution in [0.4, 0.5) is 0 Å². The Labute approximate surface area is 528 Å². The van der Waals surface area contributed by atoms with Crippen LogP contribution in [0.3, 0.4) is 0 Å². The highest BCUT2D eigenvalue weighted by Crippen LogP contribution is 2.26. The molecular formula is C75H137NO10. The van der Waals surface area contributed by atoms with Crippen LogP contribution in [0.25, 0.3) is 0 Å². The SMILES string of the molecule is CCCCC/C=C\C/C=C\C/C=C\CCCCCCCCCCC(=O)OC1C(OCC(NC(=O)C(O)CCCCCCCCCCCCCCCC/C=C/CCCCCCCC)C(O)/C=C/CCCCCCCCCCCC)OC(CO)C(O)C1O. The van der Waals surface area contributed by atoms with Crippen LogP contribution >= 0.6 is 0 Å². The second-order valence-corrected chi connectivity index (χ2v) is 25.3. The third-order valence-electron chi connectivity index (χ3n) is 17.1. The van der Waals surface area contributed by atoms with Gasteiger partial charge >= 0.3 is 5.97 Å². The molecular weight excluding hydrogens is 1070 g/mol. The minimum Gasteiger partial charge on any atom is -0.454 e. The van der Waals surface area contributed by atoms with Gasteiger partial charge in [0, 0.05) is 6.42 Å². The summed E-state index contributed by atoms with van der Waals surface area (Å²) in [5, 5.41) is 57.3. The molecule has 11 heteroatoms. The molecule has 0 aromatic heterocycles. The van der Waals surface area contributed by atoms with Crippen molar-refractivity contribution in [3.63, 3.8) is 0 Å². The predicted molar refractivity (Wildman–Crippen MR) is 361 cm³/mol. The van der Waals surface area contributed by atoms with Crippen LogP contribution in [0, 0.1) is 0 Å². The van der Waals surface area contributed by atoms with E-state index in [0.717, 1.165) is 83.5 Å². The van der Waals surface area contributed by atoms with E-state index in [1.54, 1.807) is 6.08 Å². The summed E-state index contributed by atoms with van der Waals surface area (Å²) in [6.07, 6.45) is 69.7. The Balaban J connectivity index is 2.56. The Hall–Kier alpha value is -2.64. The van der Waals surface area contributed by atoms with Gasteiger partial charge in [0.05, 0.1) is 25.4 Å². The van der Waals surface area contributed by atoms with E-state index in [0.29, 0.717) is 19.3 Å². The monoisotopic (exact) mass is 1210 g/mol. The number of carbonyl (C=O) groups is 2. The van der Waals surface area contributed by atoms with Gasteiger partial charge in [-0.1, -0.05) is 306 Å². The van der Waals surface area contributed by atoms with Crippen molar-refractivity contribution in [2.24, 2.45) is 0 Å². The minimum absolute atomic E-state index is 0.115. The average Bonchev–Trinajstić information content (AvgIpc) is 3.38. The second-order valence-electron chi connectivity index (χ2n) is 25.3. The average molecular weight is 1210 g/mol. The Kier molecular flexibility index (Phi) is 59.2. The van der Waals surface area contributed by atoms with Gasteiger partial charge in [0.1, 0.15) is 24.4 Å². The van der Waals surface area contributed by atoms with Gasteiger partial charge in [-0.05, 0) is 89.9 Å². The number of esters is 1. The zero-order valence-electron chi connectivity index (χ0n) is 55.9. The largest absolute Gasteiger partial charge is 0.454 e. The van der Waals surface area contributed by atoms with Crippen molar-refractivity contribution in [2.45, 2.75) is 391 Å². The van der Waals surface area contributed by atoms with Crippen LogP contribution < -0.4 is 5.32 Å². The maximum atomic E-state index is 13.5. The summed E-state index contributed by atoms with van der Waals surface area (Å²) in [4.78, 5) is 26.7. The molecule has 0 spiro atoms. The number of hydrogen-bond acceptors (Lipinski definition) is 10. The van der Waals surface area contributed by atoms with Gasteiger partial charge < -0.3 is 45.1 Å². The van der Waals surface area contributed by atoms with Crippen molar-refractivity contribution in [2.75, 3.05) is 13.2 Å². The van der Waals surface area contributed by atoms with E-state index in [2.05, 4.69) is 74.7 Å². The van der Waals surface area contributed by atoms with Gasteiger partial charge in [-0.15, -0.1) is 0 Å². The van der Waals surface area contributed by atoms with Crippen LogP contribution in [-0.2, 0) is 23.8 Å². The highest BCUT2D eigenvalue weighted by molar-refractivity contribution is 5.80. The predicted octanol–water partition coefficient (Wildman–Crippen LogP) is 18.9. The third kappa shape index (κ3) is 49.2. The summed E-state index contributed by atoms with van der Waals surface area (Å²) in [5.74, 6) is -1.19. The lowest BCUT2D eigenvalue weighted by atomic mass is 9.99. The van der Waals surface area contributed by atoms with Gasteiger partial charge in [0.15, 0.2) is 12.4 Å². The summed E-state index contributed by atoms with van der Waals surface area (Å²) in [5.41, 5.74) is 0. The molecule has 0 radical (unpaired) electrons. The number of allylic oxidation sites excluding steroid dienone is 9. The summed E-state index contributed by atoms with van der Waals surface area (Å²) < 4.78 is 17.7. The number of ether oxygens (including phenoxy) is 3. The van der Waals surface area contributed by atoms with Gasteiger partial charge in [0.25, 0.3) is 0 Å². The zero-order chi connectivity index (χ0) is 62.4. The molecule has 1 aliphatic heterocycles. The number of amides is 1. The molecule has 502 valence electrons. The number of unbranched alkanes of at least 4 members (excludes halogenated alkanes) is 41. The number of aliphatic hydroxyl groups is 5. The first-order valence-electron chi connectivity index (χ1n) is 36.6. The highest BCUT2D eigenvalue weighted by atomic mass is 16.7. The van der Waals surface area contributed by atoms with E-state index in [4.69, 9.17) is 14.2 Å². The Bertz CT molecular complexity index is 1630. The standard InChI is InChI=1S/C75H137NO10/c1-4-7-10-13-16-19-22-25-27-29-31-33-34-35-37-38-40-42-44-47-50-53-56-59-62-68(79)74(83)76-66(67(78)61-58-55-52-49-46-24-21-18-15-12-9-6-3)65-84-75-73(72(82)71(81)69(64-77)85-75)86-70(80)63-60-57-54-51-48-45-43-41-39-36-32-30-28-26-23-20-17-14-11-8-5-2/h17,20,25-28,32,36,58,61,66-69,71-73,75,77-79,81-82H,4-16,18-19,21-24,29-31,33-35,37-57,59-60,62-65H2,1-3H3,(H,76,83)/b20-17-,27-25+,28-26-,36-32-,61-58+. The van der Waals surface area contributed by atoms with E-state index in [1.165, 1.54) is 212 Å². The van der Waals surface area contributed by atoms with Crippen LogP contribution in [0.15, 0.2) is 60.8 Å². The molecule has 1 heterocycles. The maximum Gasteiger partial charge on any atom is 0.306 e. The molecule has 0 bridgehead atoms. The normalized spacial score (nSPS) is 18.6. The van der Waals surface area contributed by atoms with E-state index < -0.39 is 67.4 Å². The lowest BCUT2D eigenvalue weighted by Gasteiger charge is -2.41. The number of nitrogens with one attached hydrogen (secondary N) is 1. The fourth-order valence-corrected chi connectivity index (χ4v) is 11.4. The van der Waals surface area contributed by atoms with Crippen molar-refractivity contribution in [3.8, 4) is 0 Å². The van der Waals surface area contributed by atoms with Crippen molar-refractivity contribution in [3.05, 3.63) is 60.8 Å². The van der Waals surface area contributed by atoms with Crippen LogP contribution in [0.2, 0.25) is 0 Å². The van der Waals surface area contributed by atoms with E-state index in [1.807, 2.05) is 6.08 Å². The topological polar surface area (TPSA) is 175 Å². The summed E-state index contributed by atoms with van der Waals surface area (Å²) in [7, 11) is 0. The van der Waals surface area contributed by atoms with Crippen LogP contribution in [-0.4, -0.2) is 99.6 Å². The Morgan fingerprint density at radius 1 is 0.453 bits per heavy atom. The molecule has 8 unspecified atom stereocenters. The number of carbonyl (C=O) groups excluding carboxylic acids is 2. The first-order valence-corrected chi connectivity index (χ1v) is 36.6. The van der Waals surface area contributed by atoms with Gasteiger partial charge in [-0.2, -0.15) is 0 Å². The number of hydrogen-bond donors (Lipinski definition) is 6. The number of aliphatic hydroxyl groups excluding tert-OH is 5. The van der Waals surface area contributed by atoms with E-state index in [-0.39, 0.29) is 13.0 Å². The van der Waals surface area contributed by atoms with Crippen molar-refractivity contribution in [1.29, 1.82) is 0 Å². The van der Waals surface area contributed by atoms with Crippen molar-refractivity contribution < 1.29 is 49.3 Å². The zero-order valence-corrected chi connectivity index (χ0v) is 55.9. The van der Waals surface area contributed by atoms with Gasteiger partial charge in [-0.3, -0.25) is 9.59 Å². The summed E-state index contributed by atoms with van der Waals surface area (Å²) in [6.45, 7) is 5.80. The number of rotatable bonds is 63. The quantitative estimate of drug-likeness (QED) is 0.0195. The molecule has 86 heavy (non-hydrogen) atoms. The van der Waals surface area contributed by atoms with Gasteiger partial charge in [0.2, 0.25) is 5.91 Å². The molecule has 11 nitrogen and oxygen atoms in total. The summed E-state index contributed by atoms with van der Waals surface area (Å²) >= 11 is 0. The molecule has 0 aromatic carbocycles. The maximum absolute atomic E-state index is 13.5. The third-order valence-corrected chi connectivity index (χ3v) is 17.1. The lowest BCUT2D eigenvalue weighted by molar-refractivity contribution is -0.305. The van der Waals surface area contributed by atoms with Crippen LogP contribution in [0.5, 0.6) is 0 Å². The molecule has 1 aliphatic rings. The lowest BCUT2D eigenvalue weighted by Crippen LogP contribution is -2.61. The molecule has 1 saturated heterocycles. The van der Waals surface area contributed by atoms with Crippen molar-refractivity contribution in [1.82, 2.24) is 5.32 Å². The molecule has 0 aliphatic carbocycles. The molecule has 0 aromatic rings. The van der Waals surface area contributed by atoms with Crippen molar-refractivity contribution >= 4 is 11.9 Å². The first kappa shape index (κ1) is 81.4. The first-order chi connectivity index (χ1) is 42.2. The molecule has 1 fully saturated rings. The van der Waals surface area contributed by atoms with Gasteiger partial charge in [-0.25, -0.2) is 0 Å².